The Morgan fingerprint density at radius 1 is 1.19 bits per heavy atom. The molecular formula is C20H21F2N3OS. The summed E-state index contributed by atoms with van der Waals surface area (Å²) in [5.74, 6) is -1.95. The van der Waals surface area contributed by atoms with Crippen LogP contribution in [-0.2, 0) is 11.2 Å². The summed E-state index contributed by atoms with van der Waals surface area (Å²) in [6.07, 6.45) is 0.153. The number of carbonyl (C=O) groups is 1. The third-order valence-electron chi connectivity index (χ3n) is 4.73. The van der Waals surface area contributed by atoms with Crippen LogP contribution >= 0.6 is 11.3 Å². The second kappa shape index (κ2) is 7.60. The Bertz CT molecular complexity index is 960. The lowest BCUT2D eigenvalue weighted by Crippen LogP contribution is -2.31. The monoisotopic (exact) mass is 389 g/mol. The molecule has 7 heteroatoms. The third-order valence-corrected chi connectivity index (χ3v) is 5.61. The summed E-state index contributed by atoms with van der Waals surface area (Å²) >= 11 is 1.49. The number of nitrogens with zero attached hydrogens (tertiary/aromatic N) is 3. The lowest BCUT2D eigenvalue weighted by Gasteiger charge is -2.25. The summed E-state index contributed by atoms with van der Waals surface area (Å²) in [7, 11) is 1.65. The van der Waals surface area contributed by atoms with Crippen LogP contribution in [0, 0.1) is 25.5 Å². The zero-order chi connectivity index (χ0) is 19.7. The Balaban J connectivity index is 1.72. The van der Waals surface area contributed by atoms with Crippen molar-refractivity contribution >= 4 is 17.2 Å². The average Bonchev–Trinajstić information content (AvgIpc) is 3.21. The number of carbonyl (C=O) groups excluding carboxylic acids is 1. The molecule has 0 bridgehead atoms. The molecule has 2 heterocycles. The first-order valence-electron chi connectivity index (χ1n) is 8.58. The highest BCUT2D eigenvalue weighted by atomic mass is 32.1. The lowest BCUT2D eigenvalue weighted by molar-refractivity contribution is -0.131. The number of aryl methyl sites for hydroxylation is 2. The Morgan fingerprint density at radius 2 is 1.85 bits per heavy atom. The number of hydrogen-bond acceptors (Lipinski definition) is 3. The second-order valence-corrected chi connectivity index (χ2v) is 7.44. The van der Waals surface area contributed by atoms with Gasteiger partial charge in [-0.15, -0.1) is 11.3 Å². The lowest BCUT2D eigenvalue weighted by atomic mass is 10.1. The summed E-state index contributed by atoms with van der Waals surface area (Å²) in [4.78, 5) is 18.7. The number of likely N-dealkylation sites (N-methyl/N-ethyl adjacent to an activating group) is 1. The van der Waals surface area contributed by atoms with Crippen molar-refractivity contribution in [3.8, 4) is 5.13 Å². The number of rotatable bonds is 5. The van der Waals surface area contributed by atoms with Crippen molar-refractivity contribution in [1.29, 1.82) is 0 Å². The van der Waals surface area contributed by atoms with Crippen molar-refractivity contribution in [1.82, 2.24) is 14.5 Å². The fraction of sp³-hybridized carbons (Fsp3) is 0.300. The maximum absolute atomic E-state index is 13.5. The molecule has 0 saturated heterocycles. The third kappa shape index (κ3) is 3.93. The molecule has 0 aliphatic heterocycles. The van der Waals surface area contributed by atoms with Crippen LogP contribution in [0.15, 0.2) is 35.7 Å². The largest absolute Gasteiger partial charge is 0.339 e. The molecule has 0 fully saturated rings. The van der Waals surface area contributed by atoms with E-state index in [1.807, 2.05) is 35.9 Å². The van der Waals surface area contributed by atoms with Crippen molar-refractivity contribution in [2.45, 2.75) is 33.2 Å². The van der Waals surface area contributed by atoms with Gasteiger partial charge < -0.3 is 4.90 Å². The number of aromatic nitrogens is 2. The molecule has 1 amide bonds. The van der Waals surface area contributed by atoms with E-state index in [4.69, 9.17) is 0 Å². The van der Waals surface area contributed by atoms with Crippen LogP contribution in [0.2, 0.25) is 0 Å². The van der Waals surface area contributed by atoms with Crippen LogP contribution in [0.4, 0.5) is 8.78 Å². The van der Waals surface area contributed by atoms with Gasteiger partial charge in [-0.25, -0.2) is 13.8 Å². The van der Waals surface area contributed by atoms with Gasteiger partial charge in [0.1, 0.15) is 0 Å². The highest BCUT2D eigenvalue weighted by Gasteiger charge is 2.20. The highest BCUT2D eigenvalue weighted by Crippen LogP contribution is 2.23. The molecule has 0 radical (unpaired) electrons. The van der Waals surface area contributed by atoms with Gasteiger partial charge in [0, 0.05) is 23.8 Å². The van der Waals surface area contributed by atoms with Gasteiger partial charge >= 0.3 is 0 Å². The number of thiazole rings is 1. The minimum Gasteiger partial charge on any atom is -0.339 e. The molecule has 0 N–H and O–H groups in total. The van der Waals surface area contributed by atoms with Crippen molar-refractivity contribution in [3.63, 3.8) is 0 Å². The normalized spacial score (nSPS) is 12.2. The summed E-state index contributed by atoms with van der Waals surface area (Å²) in [6.45, 7) is 5.80. The van der Waals surface area contributed by atoms with Gasteiger partial charge in [-0.2, -0.15) is 0 Å². The predicted molar refractivity (Wildman–Crippen MR) is 102 cm³/mol. The summed E-state index contributed by atoms with van der Waals surface area (Å²) < 4.78 is 28.6. The minimum absolute atomic E-state index is 0.134. The van der Waals surface area contributed by atoms with E-state index in [-0.39, 0.29) is 18.4 Å². The van der Waals surface area contributed by atoms with Gasteiger partial charge in [0.05, 0.1) is 18.2 Å². The SMILES string of the molecule is Cc1ccc(C)n1-c1nc(CC(=O)N(C)[C@H](C)c2ccc(F)c(F)c2)cs1. The topological polar surface area (TPSA) is 38.1 Å². The van der Waals surface area contributed by atoms with Crippen LogP contribution < -0.4 is 0 Å². The molecule has 4 nitrogen and oxygen atoms in total. The van der Waals surface area contributed by atoms with E-state index in [1.54, 1.807) is 14.0 Å². The number of halogens is 2. The molecule has 0 spiro atoms. The standard InChI is InChI=1S/C20H21F2N3OS/c1-12-5-6-13(2)25(12)20-23-16(11-27-20)10-19(26)24(4)14(3)15-7-8-17(21)18(22)9-15/h5-9,11,14H,10H2,1-4H3/t14-/m1/s1. The summed E-state index contributed by atoms with van der Waals surface area (Å²) in [6, 6.07) is 7.37. The van der Waals surface area contributed by atoms with Crippen LogP contribution in [0.3, 0.4) is 0 Å². The zero-order valence-electron chi connectivity index (χ0n) is 15.7. The van der Waals surface area contributed by atoms with Crippen LogP contribution in [0.1, 0.15) is 35.6 Å². The zero-order valence-corrected chi connectivity index (χ0v) is 16.5. The first kappa shape index (κ1) is 19.2. The van der Waals surface area contributed by atoms with Crippen molar-refractivity contribution in [3.05, 3.63) is 70.0 Å². The minimum atomic E-state index is -0.915. The number of hydrogen-bond donors (Lipinski definition) is 0. The van der Waals surface area contributed by atoms with Crippen molar-refractivity contribution in [2.24, 2.45) is 0 Å². The molecule has 0 aliphatic rings. The van der Waals surface area contributed by atoms with E-state index < -0.39 is 11.6 Å². The van der Waals surface area contributed by atoms with E-state index in [9.17, 15) is 13.6 Å². The van der Waals surface area contributed by atoms with Gasteiger partial charge in [0.25, 0.3) is 0 Å². The predicted octanol–water partition coefficient (Wildman–Crippen LogP) is 4.59. The molecule has 3 aromatic rings. The Morgan fingerprint density at radius 3 is 2.48 bits per heavy atom. The molecule has 27 heavy (non-hydrogen) atoms. The van der Waals surface area contributed by atoms with Crippen LogP contribution in [0.5, 0.6) is 0 Å². The Hall–Kier alpha value is -2.54. The summed E-state index contributed by atoms with van der Waals surface area (Å²) in [5, 5.41) is 2.71. The van der Waals surface area contributed by atoms with Gasteiger partial charge in [-0.3, -0.25) is 9.36 Å². The molecule has 3 rings (SSSR count). The molecule has 0 unspecified atom stereocenters. The van der Waals surface area contributed by atoms with E-state index in [0.717, 1.165) is 28.7 Å². The quantitative estimate of drug-likeness (QED) is 0.640. The van der Waals surface area contributed by atoms with E-state index >= 15 is 0 Å². The van der Waals surface area contributed by atoms with Gasteiger partial charge in [-0.1, -0.05) is 6.07 Å². The first-order valence-corrected chi connectivity index (χ1v) is 9.46. The molecule has 1 aromatic carbocycles. The van der Waals surface area contributed by atoms with Gasteiger partial charge in [0.15, 0.2) is 16.8 Å². The molecule has 0 saturated carbocycles. The number of benzene rings is 1. The average molecular weight is 389 g/mol. The maximum atomic E-state index is 13.5. The van der Waals surface area contributed by atoms with Crippen molar-refractivity contribution in [2.75, 3.05) is 7.05 Å². The van der Waals surface area contributed by atoms with E-state index in [2.05, 4.69) is 4.98 Å². The molecular weight excluding hydrogens is 368 g/mol. The van der Waals surface area contributed by atoms with E-state index in [0.29, 0.717) is 11.3 Å². The fourth-order valence-electron chi connectivity index (χ4n) is 2.94. The Kier molecular flexibility index (Phi) is 5.41. The Labute approximate surface area is 161 Å². The second-order valence-electron chi connectivity index (χ2n) is 6.60. The van der Waals surface area contributed by atoms with E-state index in [1.165, 1.54) is 22.3 Å². The molecule has 142 valence electrons. The van der Waals surface area contributed by atoms with Crippen LogP contribution in [0.25, 0.3) is 5.13 Å². The molecule has 2 aromatic heterocycles. The molecule has 1 atom stereocenters. The van der Waals surface area contributed by atoms with Gasteiger partial charge in [-0.05, 0) is 50.6 Å². The highest BCUT2D eigenvalue weighted by molar-refractivity contribution is 7.12. The number of amides is 1. The summed E-state index contributed by atoms with van der Waals surface area (Å²) in [5.41, 5.74) is 3.41. The van der Waals surface area contributed by atoms with Crippen LogP contribution in [-0.4, -0.2) is 27.4 Å². The first-order chi connectivity index (χ1) is 12.8. The van der Waals surface area contributed by atoms with Crippen molar-refractivity contribution < 1.29 is 13.6 Å². The van der Waals surface area contributed by atoms with Gasteiger partial charge in [0.2, 0.25) is 5.91 Å². The smallest absolute Gasteiger partial charge is 0.228 e. The molecule has 0 aliphatic carbocycles. The fourth-order valence-corrected chi connectivity index (χ4v) is 3.88. The maximum Gasteiger partial charge on any atom is 0.228 e.